The van der Waals surface area contributed by atoms with Crippen LogP contribution in [0.2, 0.25) is 0 Å². The van der Waals surface area contributed by atoms with Crippen LogP contribution in [0.15, 0.2) is 29.2 Å². The molecule has 0 amide bonds. The molecule has 0 fully saturated rings. The van der Waals surface area contributed by atoms with Crippen LogP contribution in [0.25, 0.3) is 0 Å². The lowest BCUT2D eigenvalue weighted by Gasteiger charge is -2.19. The quantitative estimate of drug-likeness (QED) is 0.840. The first-order valence-electron chi connectivity index (χ1n) is 5.52. The van der Waals surface area contributed by atoms with Gasteiger partial charge in [0.1, 0.15) is 0 Å². The van der Waals surface area contributed by atoms with Gasteiger partial charge in [-0.05, 0) is 31.4 Å². The van der Waals surface area contributed by atoms with Crippen LogP contribution in [0.5, 0.6) is 0 Å². The van der Waals surface area contributed by atoms with Gasteiger partial charge in [0.15, 0.2) is 0 Å². The van der Waals surface area contributed by atoms with E-state index in [0.717, 1.165) is 5.56 Å². The molecule has 1 aromatic rings. The Balaban J connectivity index is 2.94. The van der Waals surface area contributed by atoms with Crippen molar-refractivity contribution in [2.45, 2.75) is 31.7 Å². The summed E-state index contributed by atoms with van der Waals surface area (Å²) in [6.45, 7) is 5.52. The minimum absolute atomic E-state index is 0.0930. The van der Waals surface area contributed by atoms with Gasteiger partial charge in [-0.2, -0.15) is 0 Å². The second-order valence-electron chi connectivity index (χ2n) is 4.31. The predicted octanol–water partition coefficient (Wildman–Crippen LogP) is 2.54. The summed E-state index contributed by atoms with van der Waals surface area (Å²) in [7, 11) is -3.45. The van der Waals surface area contributed by atoms with E-state index in [9.17, 15) is 8.42 Å². The standard InChI is InChI=1S/C12H18ClNO2S/c1-9-6-4-5-7-12(9)17(15,16)14-11(3)10(2)8-13/h4-7,10-11,14H,8H2,1-3H3. The molecule has 1 N–H and O–H groups in total. The van der Waals surface area contributed by atoms with Crippen molar-refractivity contribution >= 4 is 21.6 Å². The number of alkyl halides is 1. The molecule has 0 radical (unpaired) electrons. The number of nitrogens with one attached hydrogen (secondary N) is 1. The van der Waals surface area contributed by atoms with E-state index in [1.54, 1.807) is 25.1 Å². The summed E-state index contributed by atoms with van der Waals surface area (Å²) >= 11 is 5.72. The fourth-order valence-electron chi connectivity index (χ4n) is 1.42. The van der Waals surface area contributed by atoms with Crippen LogP contribution >= 0.6 is 11.6 Å². The van der Waals surface area contributed by atoms with E-state index < -0.39 is 10.0 Å². The number of hydrogen-bond acceptors (Lipinski definition) is 2. The Bertz CT molecular complexity index is 473. The first kappa shape index (κ1) is 14.5. The summed E-state index contributed by atoms with van der Waals surface area (Å²) in [4.78, 5) is 0.327. The Morgan fingerprint density at radius 3 is 2.41 bits per heavy atom. The van der Waals surface area contributed by atoms with Gasteiger partial charge in [0.2, 0.25) is 10.0 Å². The third kappa shape index (κ3) is 3.69. The summed E-state index contributed by atoms with van der Waals surface area (Å²) < 4.78 is 26.9. The molecule has 0 heterocycles. The normalized spacial score (nSPS) is 15.5. The second kappa shape index (κ2) is 5.85. The van der Waals surface area contributed by atoms with Crippen molar-refractivity contribution in [3.8, 4) is 0 Å². The van der Waals surface area contributed by atoms with Gasteiger partial charge in [0.25, 0.3) is 0 Å². The average Bonchev–Trinajstić information content (AvgIpc) is 2.27. The highest BCUT2D eigenvalue weighted by Gasteiger charge is 2.21. The third-order valence-corrected chi connectivity index (χ3v) is 5.03. The Kier molecular flexibility index (Phi) is 4.98. The minimum atomic E-state index is -3.45. The van der Waals surface area contributed by atoms with E-state index in [-0.39, 0.29) is 12.0 Å². The van der Waals surface area contributed by atoms with Crippen molar-refractivity contribution in [2.24, 2.45) is 5.92 Å². The largest absolute Gasteiger partial charge is 0.241 e. The van der Waals surface area contributed by atoms with Crippen LogP contribution in [0, 0.1) is 12.8 Å². The van der Waals surface area contributed by atoms with Crippen LogP contribution in [0.4, 0.5) is 0 Å². The summed E-state index contributed by atoms with van der Waals surface area (Å²) in [5, 5.41) is 0. The van der Waals surface area contributed by atoms with Gasteiger partial charge in [-0.15, -0.1) is 11.6 Å². The van der Waals surface area contributed by atoms with Crippen molar-refractivity contribution < 1.29 is 8.42 Å². The highest BCUT2D eigenvalue weighted by molar-refractivity contribution is 7.89. The molecule has 17 heavy (non-hydrogen) atoms. The van der Waals surface area contributed by atoms with E-state index in [4.69, 9.17) is 11.6 Å². The van der Waals surface area contributed by atoms with E-state index in [2.05, 4.69) is 4.72 Å². The molecule has 1 rings (SSSR count). The molecule has 0 aliphatic carbocycles. The van der Waals surface area contributed by atoms with Crippen LogP contribution in [-0.4, -0.2) is 20.3 Å². The summed E-state index contributed by atoms with van der Waals surface area (Å²) in [6, 6.07) is 6.74. The highest BCUT2D eigenvalue weighted by Crippen LogP contribution is 2.16. The first-order valence-corrected chi connectivity index (χ1v) is 7.54. The molecule has 2 unspecified atom stereocenters. The van der Waals surface area contributed by atoms with Gasteiger partial charge in [-0.1, -0.05) is 25.1 Å². The molecule has 0 spiro atoms. The summed E-state index contributed by atoms with van der Waals surface area (Å²) in [5.41, 5.74) is 0.741. The maximum absolute atomic E-state index is 12.1. The lowest BCUT2D eigenvalue weighted by Crippen LogP contribution is -2.37. The minimum Gasteiger partial charge on any atom is -0.208 e. The Hall–Kier alpha value is -0.580. The monoisotopic (exact) mass is 275 g/mol. The Labute approximate surface area is 108 Å². The molecular weight excluding hydrogens is 258 g/mol. The number of benzene rings is 1. The molecular formula is C12H18ClNO2S. The smallest absolute Gasteiger partial charge is 0.208 e. The van der Waals surface area contributed by atoms with Crippen molar-refractivity contribution in [3.63, 3.8) is 0 Å². The maximum Gasteiger partial charge on any atom is 0.241 e. The Morgan fingerprint density at radius 1 is 1.29 bits per heavy atom. The molecule has 96 valence electrons. The molecule has 0 aromatic heterocycles. The molecule has 0 bridgehead atoms. The predicted molar refractivity (Wildman–Crippen MR) is 70.8 cm³/mol. The summed E-state index contributed by atoms with van der Waals surface area (Å²) in [6.07, 6.45) is 0. The SMILES string of the molecule is Cc1ccccc1S(=O)(=O)NC(C)C(C)CCl. The van der Waals surface area contributed by atoms with E-state index >= 15 is 0 Å². The Morgan fingerprint density at radius 2 is 1.88 bits per heavy atom. The van der Waals surface area contributed by atoms with Crippen LogP contribution in [-0.2, 0) is 10.0 Å². The third-order valence-electron chi connectivity index (χ3n) is 2.82. The van der Waals surface area contributed by atoms with Gasteiger partial charge < -0.3 is 0 Å². The molecule has 0 aliphatic heterocycles. The molecule has 1 aromatic carbocycles. The molecule has 0 aliphatic rings. The molecule has 0 saturated heterocycles. The van der Waals surface area contributed by atoms with Gasteiger partial charge in [-0.25, -0.2) is 13.1 Å². The van der Waals surface area contributed by atoms with Crippen molar-refractivity contribution in [3.05, 3.63) is 29.8 Å². The van der Waals surface area contributed by atoms with Gasteiger partial charge in [0, 0.05) is 11.9 Å². The number of rotatable bonds is 5. The molecule has 2 atom stereocenters. The van der Waals surface area contributed by atoms with Crippen LogP contribution in [0.1, 0.15) is 19.4 Å². The van der Waals surface area contributed by atoms with Crippen molar-refractivity contribution in [1.29, 1.82) is 0 Å². The van der Waals surface area contributed by atoms with E-state index in [1.165, 1.54) is 0 Å². The fraction of sp³-hybridized carbons (Fsp3) is 0.500. The lowest BCUT2D eigenvalue weighted by molar-refractivity contribution is 0.480. The van der Waals surface area contributed by atoms with E-state index in [0.29, 0.717) is 10.8 Å². The van der Waals surface area contributed by atoms with E-state index in [1.807, 2.05) is 19.9 Å². The van der Waals surface area contributed by atoms with Crippen LogP contribution in [0.3, 0.4) is 0 Å². The number of halogens is 1. The van der Waals surface area contributed by atoms with Crippen molar-refractivity contribution in [2.75, 3.05) is 5.88 Å². The van der Waals surface area contributed by atoms with Crippen LogP contribution < -0.4 is 4.72 Å². The highest BCUT2D eigenvalue weighted by atomic mass is 35.5. The average molecular weight is 276 g/mol. The van der Waals surface area contributed by atoms with Crippen molar-refractivity contribution in [1.82, 2.24) is 4.72 Å². The topological polar surface area (TPSA) is 46.2 Å². The second-order valence-corrected chi connectivity index (χ2v) is 6.30. The molecule has 0 saturated carbocycles. The molecule has 5 heteroatoms. The first-order chi connectivity index (χ1) is 7.88. The zero-order valence-corrected chi connectivity index (χ0v) is 11.8. The molecule has 3 nitrogen and oxygen atoms in total. The maximum atomic E-state index is 12.1. The number of aryl methyl sites for hydroxylation is 1. The van der Waals surface area contributed by atoms with Gasteiger partial charge in [-0.3, -0.25) is 0 Å². The number of hydrogen-bond donors (Lipinski definition) is 1. The fourth-order valence-corrected chi connectivity index (χ4v) is 3.28. The zero-order valence-electron chi connectivity index (χ0n) is 10.3. The zero-order chi connectivity index (χ0) is 13.1. The van der Waals surface area contributed by atoms with Gasteiger partial charge >= 0.3 is 0 Å². The summed E-state index contributed by atoms with van der Waals surface area (Å²) in [5.74, 6) is 0.521. The van der Waals surface area contributed by atoms with Gasteiger partial charge in [0.05, 0.1) is 4.90 Å². The number of sulfonamides is 1. The lowest BCUT2D eigenvalue weighted by atomic mass is 10.1.